The first kappa shape index (κ1) is 16.1. The standard InChI is InChI=1S/C20H32O3/c1-17(2)13-6-10-19(4)14(18(13,3)9-8-15(17)21)7-11-20(5,23-19)16-12-22-16/h13-14,16H,6-12H2,1-5H3/t13-,14-,16-,18-,19+,20-/m1/s1. The summed E-state index contributed by atoms with van der Waals surface area (Å²) in [5.74, 6) is 1.53. The Hall–Kier alpha value is -0.410. The average molecular weight is 320 g/mol. The van der Waals surface area contributed by atoms with E-state index in [9.17, 15) is 4.79 Å². The average Bonchev–Trinajstić information content (AvgIpc) is 3.27. The van der Waals surface area contributed by atoms with Crippen LogP contribution in [-0.2, 0) is 14.3 Å². The van der Waals surface area contributed by atoms with E-state index in [0.29, 0.717) is 23.7 Å². The molecule has 0 amide bonds. The molecule has 4 rings (SSSR count). The SMILES string of the molecule is CC1(C)C(=O)CC[C@]2(C)[C@@H]1CC[C@]1(C)O[C@@](C)([C@H]3CO3)CC[C@H]21. The molecule has 2 aliphatic carbocycles. The Labute approximate surface area is 140 Å². The lowest BCUT2D eigenvalue weighted by Crippen LogP contribution is -2.64. The number of carbonyl (C=O) groups is 1. The van der Waals surface area contributed by atoms with E-state index in [1.807, 2.05) is 0 Å². The Morgan fingerprint density at radius 3 is 2.17 bits per heavy atom. The molecule has 2 saturated heterocycles. The predicted octanol–water partition coefficient (Wildman–Crippen LogP) is 4.13. The van der Waals surface area contributed by atoms with Crippen molar-refractivity contribution in [3.05, 3.63) is 0 Å². The van der Waals surface area contributed by atoms with Crippen LogP contribution in [0.3, 0.4) is 0 Å². The third-order valence-corrected chi connectivity index (χ3v) is 8.15. The maximum absolute atomic E-state index is 12.5. The molecule has 0 radical (unpaired) electrons. The summed E-state index contributed by atoms with van der Waals surface area (Å²) in [5, 5.41) is 0. The molecule has 4 fully saturated rings. The van der Waals surface area contributed by atoms with Crippen LogP contribution in [0.5, 0.6) is 0 Å². The van der Waals surface area contributed by atoms with Gasteiger partial charge >= 0.3 is 0 Å². The van der Waals surface area contributed by atoms with E-state index in [1.54, 1.807) is 0 Å². The molecule has 0 bridgehead atoms. The largest absolute Gasteiger partial charge is 0.370 e. The van der Waals surface area contributed by atoms with Gasteiger partial charge in [0.2, 0.25) is 0 Å². The fourth-order valence-electron chi connectivity index (χ4n) is 6.71. The monoisotopic (exact) mass is 320 g/mol. The topological polar surface area (TPSA) is 38.8 Å². The highest BCUT2D eigenvalue weighted by Crippen LogP contribution is 2.65. The molecule has 2 aliphatic heterocycles. The van der Waals surface area contributed by atoms with Crippen molar-refractivity contribution in [3.8, 4) is 0 Å². The molecule has 130 valence electrons. The normalized spacial score (nSPS) is 55.0. The molecule has 2 saturated carbocycles. The molecule has 0 unspecified atom stereocenters. The van der Waals surface area contributed by atoms with Crippen LogP contribution in [0.1, 0.15) is 73.1 Å². The second kappa shape index (κ2) is 4.60. The number of ketones is 1. The molecule has 0 aromatic carbocycles. The van der Waals surface area contributed by atoms with Gasteiger partial charge in [-0.25, -0.2) is 0 Å². The van der Waals surface area contributed by atoms with Crippen LogP contribution in [0.4, 0.5) is 0 Å². The van der Waals surface area contributed by atoms with Gasteiger partial charge in [-0.2, -0.15) is 0 Å². The number of fused-ring (bicyclic) bond motifs is 3. The number of epoxide rings is 1. The summed E-state index contributed by atoms with van der Waals surface area (Å²) in [5.41, 5.74) is -0.0973. The van der Waals surface area contributed by atoms with Crippen LogP contribution in [0.15, 0.2) is 0 Å². The Bertz CT molecular complexity index is 537. The maximum atomic E-state index is 12.5. The van der Waals surface area contributed by atoms with E-state index in [-0.39, 0.29) is 22.0 Å². The number of hydrogen-bond donors (Lipinski definition) is 0. The second-order valence-electron chi connectivity index (χ2n) is 9.88. The third-order valence-electron chi connectivity index (χ3n) is 8.15. The van der Waals surface area contributed by atoms with E-state index in [2.05, 4.69) is 34.6 Å². The van der Waals surface area contributed by atoms with Gasteiger partial charge in [0, 0.05) is 11.8 Å². The highest BCUT2D eigenvalue weighted by molar-refractivity contribution is 5.85. The summed E-state index contributed by atoms with van der Waals surface area (Å²) >= 11 is 0. The van der Waals surface area contributed by atoms with Gasteiger partial charge < -0.3 is 9.47 Å². The number of rotatable bonds is 1. The van der Waals surface area contributed by atoms with Crippen LogP contribution in [0.2, 0.25) is 0 Å². The van der Waals surface area contributed by atoms with Crippen molar-refractivity contribution in [1.29, 1.82) is 0 Å². The Kier molecular flexibility index (Phi) is 3.22. The van der Waals surface area contributed by atoms with Gasteiger partial charge in [0.25, 0.3) is 0 Å². The van der Waals surface area contributed by atoms with Crippen molar-refractivity contribution in [1.82, 2.24) is 0 Å². The Balaban J connectivity index is 1.66. The zero-order valence-electron chi connectivity index (χ0n) is 15.4. The second-order valence-corrected chi connectivity index (χ2v) is 9.88. The summed E-state index contributed by atoms with van der Waals surface area (Å²) in [4.78, 5) is 12.5. The molecular formula is C20H32O3. The van der Waals surface area contributed by atoms with Gasteiger partial charge in [-0.1, -0.05) is 20.8 Å². The van der Waals surface area contributed by atoms with Crippen LogP contribution in [0.25, 0.3) is 0 Å². The molecule has 0 aromatic rings. The first-order valence-corrected chi connectivity index (χ1v) is 9.47. The summed E-state index contributed by atoms with van der Waals surface area (Å²) in [7, 11) is 0. The van der Waals surface area contributed by atoms with Gasteiger partial charge in [0.1, 0.15) is 11.9 Å². The molecular weight excluding hydrogens is 288 g/mol. The summed E-state index contributed by atoms with van der Waals surface area (Å²) < 4.78 is 12.4. The van der Waals surface area contributed by atoms with Gasteiger partial charge in [-0.15, -0.1) is 0 Å². The molecule has 2 heterocycles. The van der Waals surface area contributed by atoms with E-state index in [1.165, 1.54) is 6.42 Å². The van der Waals surface area contributed by atoms with Crippen LogP contribution >= 0.6 is 0 Å². The zero-order valence-corrected chi connectivity index (χ0v) is 15.4. The van der Waals surface area contributed by atoms with Crippen molar-refractivity contribution in [2.75, 3.05) is 6.61 Å². The lowest BCUT2D eigenvalue weighted by atomic mass is 9.44. The minimum Gasteiger partial charge on any atom is -0.370 e. The van der Waals surface area contributed by atoms with E-state index in [4.69, 9.17) is 9.47 Å². The predicted molar refractivity (Wildman–Crippen MR) is 89.2 cm³/mol. The molecule has 4 aliphatic rings. The first-order chi connectivity index (χ1) is 10.6. The molecule has 0 N–H and O–H groups in total. The fourth-order valence-corrected chi connectivity index (χ4v) is 6.71. The Morgan fingerprint density at radius 2 is 1.52 bits per heavy atom. The van der Waals surface area contributed by atoms with Crippen LogP contribution in [0, 0.1) is 22.7 Å². The number of hydrogen-bond acceptors (Lipinski definition) is 3. The van der Waals surface area contributed by atoms with Crippen molar-refractivity contribution in [3.63, 3.8) is 0 Å². The molecule has 0 aromatic heterocycles. The molecule has 3 nitrogen and oxygen atoms in total. The molecule has 0 spiro atoms. The Morgan fingerprint density at radius 1 is 0.913 bits per heavy atom. The van der Waals surface area contributed by atoms with E-state index in [0.717, 1.165) is 38.7 Å². The summed E-state index contributed by atoms with van der Waals surface area (Å²) in [6.07, 6.45) is 6.59. The first-order valence-electron chi connectivity index (χ1n) is 9.47. The third kappa shape index (κ3) is 2.12. The van der Waals surface area contributed by atoms with Gasteiger partial charge in [0.15, 0.2) is 0 Å². The number of ether oxygens (including phenoxy) is 2. The van der Waals surface area contributed by atoms with E-state index < -0.39 is 0 Å². The highest BCUT2D eigenvalue weighted by Gasteiger charge is 2.64. The highest BCUT2D eigenvalue weighted by atomic mass is 16.6. The van der Waals surface area contributed by atoms with Gasteiger partial charge in [-0.05, 0) is 63.2 Å². The number of carbonyl (C=O) groups excluding carboxylic acids is 1. The van der Waals surface area contributed by atoms with Crippen molar-refractivity contribution in [2.24, 2.45) is 22.7 Å². The van der Waals surface area contributed by atoms with Crippen molar-refractivity contribution in [2.45, 2.75) is 90.4 Å². The minimum absolute atomic E-state index is 0.0549. The summed E-state index contributed by atoms with van der Waals surface area (Å²) in [6, 6.07) is 0. The molecule has 3 heteroatoms. The molecule has 6 atom stereocenters. The maximum Gasteiger partial charge on any atom is 0.138 e. The van der Waals surface area contributed by atoms with Crippen LogP contribution in [-0.4, -0.2) is 29.7 Å². The van der Waals surface area contributed by atoms with Crippen molar-refractivity contribution >= 4 is 5.78 Å². The molecule has 23 heavy (non-hydrogen) atoms. The zero-order chi connectivity index (χ0) is 16.7. The smallest absolute Gasteiger partial charge is 0.138 e. The number of Topliss-reactive ketones (excluding diaryl/α,β-unsaturated/α-hetero) is 1. The van der Waals surface area contributed by atoms with Gasteiger partial charge in [0.05, 0.1) is 17.8 Å². The van der Waals surface area contributed by atoms with Crippen molar-refractivity contribution < 1.29 is 14.3 Å². The van der Waals surface area contributed by atoms with E-state index >= 15 is 0 Å². The summed E-state index contributed by atoms with van der Waals surface area (Å²) in [6.45, 7) is 12.3. The quantitative estimate of drug-likeness (QED) is 0.682. The lowest BCUT2D eigenvalue weighted by Gasteiger charge is -2.64. The van der Waals surface area contributed by atoms with Gasteiger partial charge in [-0.3, -0.25) is 4.79 Å². The fraction of sp³-hybridized carbons (Fsp3) is 0.950. The van der Waals surface area contributed by atoms with Crippen LogP contribution < -0.4 is 0 Å². The minimum atomic E-state index is -0.172. The lowest BCUT2D eigenvalue weighted by molar-refractivity contribution is -0.266.